The van der Waals surface area contributed by atoms with Crippen LogP contribution in [-0.2, 0) is 24.3 Å². The molecule has 0 N–H and O–H groups in total. The van der Waals surface area contributed by atoms with Gasteiger partial charge in [0.25, 0.3) is 5.56 Å². The molecule has 4 aromatic rings. The van der Waals surface area contributed by atoms with Gasteiger partial charge in [-0.25, -0.2) is 9.78 Å². The van der Waals surface area contributed by atoms with Gasteiger partial charge >= 0.3 is 5.97 Å². The minimum atomic E-state index is -0.516. The third kappa shape index (κ3) is 2.92. The van der Waals surface area contributed by atoms with Crippen molar-refractivity contribution in [1.29, 1.82) is 0 Å². The number of hydrogen-bond donors (Lipinski definition) is 0. The van der Waals surface area contributed by atoms with Crippen LogP contribution in [0.25, 0.3) is 15.9 Å². The molecule has 9 nitrogen and oxygen atoms in total. The minimum absolute atomic E-state index is 0.0803. The molecule has 0 radical (unpaired) electrons. The van der Waals surface area contributed by atoms with Crippen LogP contribution in [0.2, 0.25) is 0 Å². The fourth-order valence-electron chi connectivity index (χ4n) is 3.53. The number of thiophene rings is 1. The highest BCUT2D eigenvalue weighted by Gasteiger charge is 2.24. The molecule has 1 aliphatic heterocycles. The Morgan fingerprint density at radius 2 is 2.10 bits per heavy atom. The van der Waals surface area contributed by atoms with Crippen molar-refractivity contribution < 1.29 is 9.53 Å². The van der Waals surface area contributed by atoms with Crippen LogP contribution in [0.4, 0.5) is 0 Å². The zero-order valence-electron chi connectivity index (χ0n) is 15.5. The largest absolute Gasteiger partial charge is 0.453 e. The van der Waals surface area contributed by atoms with E-state index in [1.165, 1.54) is 16.0 Å². The number of ether oxygens (including phenoxy) is 1. The average Bonchev–Trinajstić information content (AvgIpc) is 3.46. The molecule has 0 amide bonds. The number of esters is 1. The average molecular weight is 408 g/mol. The second-order valence-corrected chi connectivity index (χ2v) is 7.74. The van der Waals surface area contributed by atoms with Crippen LogP contribution >= 0.6 is 11.3 Å². The van der Waals surface area contributed by atoms with Crippen molar-refractivity contribution in [1.82, 2.24) is 29.8 Å². The molecule has 0 fully saturated rings. The second-order valence-electron chi connectivity index (χ2n) is 6.74. The first-order valence-corrected chi connectivity index (χ1v) is 9.98. The number of carbonyl (C=O) groups is 1. The van der Waals surface area contributed by atoms with E-state index in [4.69, 9.17) is 4.74 Å². The third-order valence-electron chi connectivity index (χ3n) is 4.96. The van der Waals surface area contributed by atoms with Crippen LogP contribution in [0, 0.1) is 6.92 Å². The van der Waals surface area contributed by atoms with Crippen LogP contribution in [0.5, 0.6) is 0 Å². The monoisotopic (exact) mass is 408 g/mol. The number of aromatic nitrogens is 6. The van der Waals surface area contributed by atoms with Gasteiger partial charge in [-0.05, 0) is 41.5 Å². The smallest absolute Gasteiger partial charge is 0.349 e. The van der Waals surface area contributed by atoms with Gasteiger partial charge in [0, 0.05) is 13.0 Å². The van der Waals surface area contributed by atoms with Gasteiger partial charge in [-0.3, -0.25) is 9.36 Å². The topological polar surface area (TPSA) is 105 Å². The maximum Gasteiger partial charge on any atom is 0.349 e. The van der Waals surface area contributed by atoms with Crippen LogP contribution in [0.15, 0.2) is 35.1 Å². The van der Waals surface area contributed by atoms with Crippen LogP contribution < -0.4 is 5.56 Å². The van der Waals surface area contributed by atoms with Gasteiger partial charge in [0.05, 0.1) is 11.1 Å². The Balaban J connectivity index is 1.42. The van der Waals surface area contributed by atoms with Gasteiger partial charge in [-0.2, -0.15) is 4.68 Å². The Morgan fingerprint density at radius 1 is 1.28 bits per heavy atom. The van der Waals surface area contributed by atoms with E-state index >= 15 is 0 Å². The highest BCUT2D eigenvalue weighted by Crippen LogP contribution is 2.29. The van der Waals surface area contributed by atoms with E-state index in [0.717, 1.165) is 24.4 Å². The van der Waals surface area contributed by atoms with Crippen LogP contribution in [0.1, 0.15) is 33.3 Å². The fraction of sp³-hybridized carbons (Fsp3) is 0.263. The molecule has 0 spiro atoms. The number of rotatable bonds is 4. The molecule has 5 rings (SSSR count). The molecule has 1 aromatic carbocycles. The Hall–Kier alpha value is -3.40. The molecule has 0 unspecified atom stereocenters. The van der Waals surface area contributed by atoms with Crippen molar-refractivity contribution in [3.63, 3.8) is 0 Å². The number of para-hydroxylation sites is 1. The molecule has 0 aliphatic carbocycles. The molecule has 0 saturated carbocycles. The second kappa shape index (κ2) is 6.89. The van der Waals surface area contributed by atoms with Crippen molar-refractivity contribution in [2.45, 2.75) is 32.9 Å². The first kappa shape index (κ1) is 17.7. The van der Waals surface area contributed by atoms with E-state index < -0.39 is 5.97 Å². The number of aryl methyl sites for hydroxylation is 2. The van der Waals surface area contributed by atoms with Crippen molar-refractivity contribution in [2.75, 3.05) is 0 Å². The van der Waals surface area contributed by atoms with Crippen LogP contribution in [0.3, 0.4) is 0 Å². The number of tetrazole rings is 1. The Labute approximate surface area is 168 Å². The number of nitrogens with zero attached hydrogens (tertiary/aromatic N) is 6. The maximum atomic E-state index is 12.8. The zero-order chi connectivity index (χ0) is 20.0. The summed E-state index contributed by atoms with van der Waals surface area (Å²) in [6, 6.07) is 9.35. The predicted octanol–water partition coefficient (Wildman–Crippen LogP) is 2.05. The van der Waals surface area contributed by atoms with Crippen molar-refractivity contribution in [2.24, 2.45) is 0 Å². The molecule has 0 atom stereocenters. The molecular formula is C19H16N6O3S. The lowest BCUT2D eigenvalue weighted by Gasteiger charge is -2.05. The van der Waals surface area contributed by atoms with Crippen molar-refractivity contribution >= 4 is 27.5 Å². The molecule has 0 saturated heterocycles. The molecule has 29 heavy (non-hydrogen) atoms. The standard InChI is InChI=1S/C19H16N6O3S/c1-11-15-17(20-13-8-5-9-24(13)18(15)26)29-16(11)19(27)28-10-14-21-22-23-25(14)12-6-3-2-4-7-12/h2-4,6-7H,5,8-10H2,1H3. The summed E-state index contributed by atoms with van der Waals surface area (Å²) in [5, 5.41) is 12.1. The van der Waals surface area contributed by atoms with E-state index in [0.29, 0.717) is 33.0 Å². The highest BCUT2D eigenvalue weighted by atomic mass is 32.1. The summed E-state index contributed by atoms with van der Waals surface area (Å²) in [5.74, 6) is 0.670. The number of benzene rings is 1. The summed E-state index contributed by atoms with van der Waals surface area (Å²) in [5.41, 5.74) is 1.30. The van der Waals surface area contributed by atoms with Gasteiger partial charge in [0.15, 0.2) is 12.4 Å². The summed E-state index contributed by atoms with van der Waals surface area (Å²) < 4.78 is 8.67. The lowest BCUT2D eigenvalue weighted by molar-refractivity contribution is 0.0464. The molecule has 0 bridgehead atoms. The summed E-state index contributed by atoms with van der Waals surface area (Å²) in [4.78, 5) is 31.0. The molecule has 146 valence electrons. The van der Waals surface area contributed by atoms with Gasteiger partial charge < -0.3 is 4.74 Å². The quantitative estimate of drug-likeness (QED) is 0.476. The number of hydrogen-bond acceptors (Lipinski definition) is 8. The minimum Gasteiger partial charge on any atom is -0.453 e. The Bertz CT molecular complexity index is 1290. The highest BCUT2D eigenvalue weighted by molar-refractivity contribution is 7.20. The summed E-state index contributed by atoms with van der Waals surface area (Å²) in [6.07, 6.45) is 1.70. The fourth-order valence-corrected chi connectivity index (χ4v) is 4.62. The third-order valence-corrected chi connectivity index (χ3v) is 6.13. The van der Waals surface area contributed by atoms with Gasteiger partial charge in [0.1, 0.15) is 15.5 Å². The molecule has 1 aliphatic rings. The molecular weight excluding hydrogens is 392 g/mol. The van der Waals surface area contributed by atoms with Gasteiger partial charge in [-0.1, -0.05) is 18.2 Å². The van der Waals surface area contributed by atoms with Gasteiger partial charge in [-0.15, -0.1) is 16.4 Å². The van der Waals surface area contributed by atoms with Gasteiger partial charge in [0.2, 0.25) is 0 Å². The molecule has 3 aromatic heterocycles. The predicted molar refractivity (Wildman–Crippen MR) is 105 cm³/mol. The lowest BCUT2D eigenvalue weighted by atomic mass is 10.2. The maximum absolute atomic E-state index is 12.8. The van der Waals surface area contributed by atoms with Crippen molar-refractivity contribution in [3.05, 3.63) is 62.8 Å². The van der Waals surface area contributed by atoms with E-state index in [1.807, 2.05) is 30.3 Å². The summed E-state index contributed by atoms with van der Waals surface area (Å²) >= 11 is 1.19. The Kier molecular flexibility index (Phi) is 4.20. The lowest BCUT2D eigenvalue weighted by Crippen LogP contribution is -2.20. The molecule has 10 heteroatoms. The first-order chi connectivity index (χ1) is 14.1. The normalized spacial score (nSPS) is 13.0. The summed E-state index contributed by atoms with van der Waals surface area (Å²) in [7, 11) is 0. The van der Waals surface area contributed by atoms with Crippen LogP contribution in [-0.4, -0.2) is 35.7 Å². The Morgan fingerprint density at radius 3 is 2.93 bits per heavy atom. The SMILES string of the molecule is Cc1c(C(=O)OCc2nnnn2-c2ccccc2)sc2nc3n(c(=O)c12)CCC3. The zero-order valence-corrected chi connectivity index (χ0v) is 16.3. The number of fused-ring (bicyclic) bond motifs is 2. The van der Waals surface area contributed by atoms with E-state index in [2.05, 4.69) is 20.5 Å². The molecule has 4 heterocycles. The van der Waals surface area contributed by atoms with E-state index in [9.17, 15) is 9.59 Å². The first-order valence-electron chi connectivity index (χ1n) is 9.16. The summed E-state index contributed by atoms with van der Waals surface area (Å²) in [6.45, 7) is 2.35. The van der Waals surface area contributed by atoms with E-state index in [-0.39, 0.29) is 12.2 Å². The van der Waals surface area contributed by atoms with E-state index in [1.54, 1.807) is 11.5 Å². The van der Waals surface area contributed by atoms with Crippen molar-refractivity contribution in [3.8, 4) is 5.69 Å². The number of carbonyl (C=O) groups excluding carboxylic acids is 1.